The van der Waals surface area contributed by atoms with Crippen LogP contribution in [0.15, 0.2) is 12.1 Å². The van der Waals surface area contributed by atoms with E-state index >= 15 is 0 Å². The van der Waals surface area contributed by atoms with Gasteiger partial charge in [-0.2, -0.15) is 0 Å². The topological polar surface area (TPSA) is 56.8 Å². The Morgan fingerprint density at radius 1 is 1.14 bits per heavy atom. The Morgan fingerprint density at radius 2 is 1.81 bits per heavy atom. The molecular formula is C16H25NO4. The Morgan fingerprint density at radius 3 is 2.38 bits per heavy atom. The van der Waals surface area contributed by atoms with Gasteiger partial charge in [0, 0.05) is 20.2 Å². The van der Waals surface area contributed by atoms with E-state index in [1.807, 2.05) is 13.8 Å². The number of carbonyl (C=O) groups is 1. The highest BCUT2D eigenvalue weighted by atomic mass is 16.5. The lowest BCUT2D eigenvalue weighted by Crippen LogP contribution is -2.18. The van der Waals surface area contributed by atoms with E-state index in [4.69, 9.17) is 9.47 Å². The number of hydrogen-bond acceptors (Lipinski definition) is 5. The Labute approximate surface area is 126 Å². The minimum Gasteiger partial charge on any atom is -0.492 e. The van der Waals surface area contributed by atoms with Gasteiger partial charge in [-0.1, -0.05) is 12.1 Å². The van der Waals surface area contributed by atoms with Crippen molar-refractivity contribution >= 4 is 5.97 Å². The predicted molar refractivity (Wildman–Crippen MR) is 81.6 cm³/mol. The van der Waals surface area contributed by atoms with Crippen LogP contribution in [0.3, 0.4) is 0 Å². The number of methoxy groups -OCH3 is 2. The largest absolute Gasteiger partial charge is 0.492 e. The molecule has 0 radical (unpaired) electrons. The van der Waals surface area contributed by atoms with Crippen molar-refractivity contribution in [2.24, 2.45) is 0 Å². The van der Waals surface area contributed by atoms with Crippen LogP contribution in [0.1, 0.15) is 23.1 Å². The third-order valence-electron chi connectivity index (χ3n) is 3.11. The lowest BCUT2D eigenvalue weighted by atomic mass is 10.1. The van der Waals surface area contributed by atoms with Gasteiger partial charge in [-0.05, 0) is 30.5 Å². The summed E-state index contributed by atoms with van der Waals surface area (Å²) in [6.45, 7) is 6.68. The van der Waals surface area contributed by atoms with Crippen molar-refractivity contribution in [3.63, 3.8) is 0 Å². The average molecular weight is 295 g/mol. The van der Waals surface area contributed by atoms with Gasteiger partial charge in [0.05, 0.1) is 26.7 Å². The van der Waals surface area contributed by atoms with Gasteiger partial charge in [-0.3, -0.25) is 4.79 Å². The summed E-state index contributed by atoms with van der Waals surface area (Å²) in [6, 6.07) is 4.19. The van der Waals surface area contributed by atoms with Crippen LogP contribution in [0, 0.1) is 13.8 Å². The van der Waals surface area contributed by atoms with Crippen LogP contribution in [0.5, 0.6) is 5.75 Å². The van der Waals surface area contributed by atoms with E-state index in [1.165, 1.54) is 12.7 Å². The maximum atomic E-state index is 11.1. The molecule has 0 spiro atoms. The second-order valence-corrected chi connectivity index (χ2v) is 4.90. The third-order valence-corrected chi connectivity index (χ3v) is 3.11. The summed E-state index contributed by atoms with van der Waals surface area (Å²) in [5.41, 5.74) is 3.35. The molecule has 0 unspecified atom stereocenters. The van der Waals surface area contributed by atoms with Gasteiger partial charge in [-0.25, -0.2) is 0 Å². The quantitative estimate of drug-likeness (QED) is 0.557. The molecule has 0 saturated heterocycles. The maximum Gasteiger partial charge on any atom is 0.308 e. The summed E-state index contributed by atoms with van der Waals surface area (Å²) in [5, 5.41) is 3.32. The van der Waals surface area contributed by atoms with Crippen LogP contribution in [-0.4, -0.2) is 39.9 Å². The minimum atomic E-state index is -0.260. The first-order valence-corrected chi connectivity index (χ1v) is 7.08. The highest BCUT2D eigenvalue weighted by molar-refractivity contribution is 5.69. The molecule has 0 aromatic heterocycles. The molecule has 0 heterocycles. The van der Waals surface area contributed by atoms with Crippen LogP contribution in [0.4, 0.5) is 0 Å². The number of nitrogens with one attached hydrogen (secondary N) is 1. The predicted octanol–water partition coefficient (Wildman–Crippen LogP) is 1.98. The third kappa shape index (κ3) is 6.14. The van der Waals surface area contributed by atoms with Gasteiger partial charge in [0.2, 0.25) is 0 Å². The Balaban J connectivity index is 2.56. The zero-order chi connectivity index (χ0) is 15.7. The Kier molecular flexibility index (Phi) is 7.79. The molecule has 0 amide bonds. The number of ether oxygens (including phenoxy) is 3. The fourth-order valence-corrected chi connectivity index (χ4v) is 2.12. The lowest BCUT2D eigenvalue weighted by Gasteiger charge is -2.14. The Bertz CT molecular complexity index is 437. The second kappa shape index (κ2) is 9.37. The zero-order valence-corrected chi connectivity index (χ0v) is 13.3. The molecule has 5 heteroatoms. The summed E-state index contributed by atoms with van der Waals surface area (Å²) in [6.07, 6.45) is 0.260. The summed E-state index contributed by atoms with van der Waals surface area (Å²) >= 11 is 0. The highest BCUT2D eigenvalue weighted by Gasteiger charge is 2.08. The van der Waals surface area contributed by atoms with Gasteiger partial charge in [0.15, 0.2) is 0 Å². The van der Waals surface area contributed by atoms with Crippen LogP contribution >= 0.6 is 0 Å². The van der Waals surface area contributed by atoms with Crippen LogP contribution < -0.4 is 10.1 Å². The molecule has 0 fully saturated rings. The van der Waals surface area contributed by atoms with Crippen molar-refractivity contribution in [1.82, 2.24) is 5.32 Å². The number of rotatable bonds is 9. The summed E-state index contributed by atoms with van der Waals surface area (Å²) in [4.78, 5) is 11.1. The van der Waals surface area contributed by atoms with Crippen molar-refractivity contribution in [3.05, 3.63) is 28.8 Å². The first kappa shape index (κ1) is 17.5. The molecule has 5 nitrogen and oxygen atoms in total. The molecule has 0 atom stereocenters. The molecule has 118 valence electrons. The monoisotopic (exact) mass is 295 g/mol. The van der Waals surface area contributed by atoms with Gasteiger partial charge in [0.25, 0.3) is 0 Å². The number of carbonyl (C=O) groups excluding carboxylic acids is 1. The molecular weight excluding hydrogens is 270 g/mol. The van der Waals surface area contributed by atoms with Crippen LogP contribution in [0.2, 0.25) is 0 Å². The zero-order valence-electron chi connectivity index (χ0n) is 13.3. The number of hydrogen-bond donors (Lipinski definition) is 1. The summed E-state index contributed by atoms with van der Waals surface area (Å²) in [7, 11) is 3.07. The molecule has 0 bridgehead atoms. The van der Waals surface area contributed by atoms with Crippen molar-refractivity contribution in [2.45, 2.75) is 26.8 Å². The van der Waals surface area contributed by atoms with Gasteiger partial charge in [0.1, 0.15) is 5.75 Å². The fraction of sp³-hybridized carbons (Fsp3) is 0.562. The van der Waals surface area contributed by atoms with Gasteiger partial charge in [-0.15, -0.1) is 0 Å². The van der Waals surface area contributed by atoms with E-state index in [1.54, 1.807) is 7.11 Å². The van der Waals surface area contributed by atoms with Crippen LogP contribution in [-0.2, 0) is 20.8 Å². The van der Waals surface area contributed by atoms with E-state index in [0.717, 1.165) is 30.0 Å². The van der Waals surface area contributed by atoms with E-state index in [2.05, 4.69) is 22.2 Å². The summed E-state index contributed by atoms with van der Waals surface area (Å²) in [5.74, 6) is 0.587. The minimum absolute atomic E-state index is 0.260. The maximum absolute atomic E-state index is 11.1. The SMILES string of the molecule is COCCNCc1cc(C)c(OCCC(=O)OC)c(C)c1. The Hall–Kier alpha value is -1.59. The first-order chi connectivity index (χ1) is 10.1. The van der Waals surface area contributed by atoms with Crippen molar-refractivity contribution in [2.75, 3.05) is 34.0 Å². The molecule has 0 aliphatic rings. The molecule has 21 heavy (non-hydrogen) atoms. The normalized spacial score (nSPS) is 10.5. The number of benzene rings is 1. The molecule has 1 rings (SSSR count). The van der Waals surface area contributed by atoms with E-state index in [-0.39, 0.29) is 12.4 Å². The van der Waals surface area contributed by atoms with Crippen molar-refractivity contribution in [3.8, 4) is 5.75 Å². The van der Waals surface area contributed by atoms with Gasteiger partial charge < -0.3 is 19.5 Å². The van der Waals surface area contributed by atoms with E-state index in [9.17, 15) is 4.79 Å². The number of aryl methyl sites for hydroxylation is 2. The molecule has 1 aromatic carbocycles. The molecule has 0 aliphatic carbocycles. The molecule has 1 aromatic rings. The van der Waals surface area contributed by atoms with Crippen molar-refractivity contribution in [1.29, 1.82) is 0 Å². The van der Waals surface area contributed by atoms with Crippen LogP contribution in [0.25, 0.3) is 0 Å². The lowest BCUT2D eigenvalue weighted by molar-refractivity contribution is -0.141. The highest BCUT2D eigenvalue weighted by Crippen LogP contribution is 2.25. The van der Waals surface area contributed by atoms with Gasteiger partial charge >= 0.3 is 5.97 Å². The fourth-order valence-electron chi connectivity index (χ4n) is 2.12. The molecule has 0 saturated carbocycles. The first-order valence-electron chi connectivity index (χ1n) is 7.08. The average Bonchev–Trinajstić information content (AvgIpc) is 2.46. The standard InChI is InChI=1S/C16H25NO4/c1-12-9-14(11-17-6-8-19-3)10-13(2)16(12)21-7-5-15(18)20-4/h9-10,17H,5-8,11H2,1-4H3. The molecule has 1 N–H and O–H groups in total. The number of esters is 1. The summed E-state index contributed by atoms with van der Waals surface area (Å²) < 4.78 is 15.3. The smallest absolute Gasteiger partial charge is 0.308 e. The van der Waals surface area contributed by atoms with E-state index in [0.29, 0.717) is 13.2 Å². The molecule has 0 aliphatic heterocycles. The van der Waals surface area contributed by atoms with Crippen molar-refractivity contribution < 1.29 is 19.0 Å². The van der Waals surface area contributed by atoms with E-state index < -0.39 is 0 Å². The second-order valence-electron chi connectivity index (χ2n) is 4.90.